The van der Waals surface area contributed by atoms with Gasteiger partial charge in [0.25, 0.3) is 0 Å². The summed E-state index contributed by atoms with van der Waals surface area (Å²) in [5.41, 5.74) is 1.43. The number of hydrogen-bond acceptors (Lipinski definition) is 6. The van der Waals surface area contributed by atoms with Crippen molar-refractivity contribution < 1.29 is 18.7 Å². The predicted molar refractivity (Wildman–Crippen MR) is 133 cm³/mol. The Bertz CT molecular complexity index is 1380. The minimum absolute atomic E-state index is 0.0638. The van der Waals surface area contributed by atoms with Crippen molar-refractivity contribution in [2.45, 2.75) is 25.3 Å². The standard InChI is InChI=1S/C26H26F2N6O2/c1-34(17-9-11-29-12-10-17)21(35)13-15-5-7-16(8-6-15)31-25-23-20(14-30-26(23)36)32-24(33-25)22-18(27)3-2-4-19(22)28/h2-8,14,17,29-30,36H,9-13H2,1H3,(H,31,32,33). The number of carbonyl (C=O) groups is 1. The third-order valence-corrected chi connectivity index (χ3v) is 6.53. The second-order valence-electron chi connectivity index (χ2n) is 8.87. The quantitative estimate of drug-likeness (QED) is 0.323. The van der Waals surface area contributed by atoms with Crippen LogP contribution in [0.5, 0.6) is 5.88 Å². The number of aromatic amines is 1. The second-order valence-corrected chi connectivity index (χ2v) is 8.87. The molecule has 0 spiro atoms. The summed E-state index contributed by atoms with van der Waals surface area (Å²) in [7, 11) is 1.86. The molecule has 0 bridgehead atoms. The molecule has 3 heterocycles. The van der Waals surface area contributed by atoms with E-state index >= 15 is 0 Å². The van der Waals surface area contributed by atoms with E-state index in [1.54, 1.807) is 12.1 Å². The van der Waals surface area contributed by atoms with E-state index in [2.05, 4.69) is 25.6 Å². The summed E-state index contributed by atoms with van der Waals surface area (Å²) in [4.78, 5) is 25.8. The van der Waals surface area contributed by atoms with Gasteiger partial charge in [0, 0.05) is 25.0 Å². The van der Waals surface area contributed by atoms with Crippen molar-refractivity contribution in [2.75, 3.05) is 25.5 Å². The molecule has 1 fully saturated rings. The molecule has 0 aliphatic carbocycles. The second kappa shape index (κ2) is 9.90. The molecule has 2 aromatic carbocycles. The van der Waals surface area contributed by atoms with E-state index in [0.29, 0.717) is 16.6 Å². The molecule has 0 saturated carbocycles. The van der Waals surface area contributed by atoms with Crippen LogP contribution in [0.25, 0.3) is 22.3 Å². The number of H-pyrrole nitrogens is 1. The van der Waals surface area contributed by atoms with Crippen molar-refractivity contribution in [3.05, 3.63) is 65.9 Å². The Kier molecular flexibility index (Phi) is 6.51. The molecule has 0 unspecified atom stereocenters. The zero-order valence-corrected chi connectivity index (χ0v) is 19.7. The molecule has 10 heteroatoms. The molecule has 186 valence electrons. The van der Waals surface area contributed by atoms with Crippen molar-refractivity contribution in [1.29, 1.82) is 0 Å². The summed E-state index contributed by atoms with van der Waals surface area (Å²) in [6.07, 6.45) is 3.62. The number of halogens is 2. The van der Waals surface area contributed by atoms with Crippen molar-refractivity contribution in [2.24, 2.45) is 0 Å². The number of fused-ring (bicyclic) bond motifs is 1. The predicted octanol–water partition coefficient (Wildman–Crippen LogP) is 4.11. The van der Waals surface area contributed by atoms with E-state index in [0.717, 1.165) is 43.6 Å². The number of amides is 1. The van der Waals surface area contributed by atoms with Crippen LogP contribution >= 0.6 is 0 Å². The fourth-order valence-electron chi connectivity index (χ4n) is 4.48. The lowest BCUT2D eigenvalue weighted by molar-refractivity contribution is -0.131. The molecule has 8 nitrogen and oxygen atoms in total. The van der Waals surface area contributed by atoms with Gasteiger partial charge >= 0.3 is 0 Å². The highest BCUT2D eigenvalue weighted by molar-refractivity contribution is 5.96. The fraction of sp³-hybridized carbons (Fsp3) is 0.269. The Morgan fingerprint density at radius 3 is 2.50 bits per heavy atom. The number of rotatable bonds is 6. The minimum atomic E-state index is -0.788. The van der Waals surface area contributed by atoms with Gasteiger partial charge in [-0.15, -0.1) is 0 Å². The molecular weight excluding hydrogens is 466 g/mol. The Hall–Kier alpha value is -4.05. The van der Waals surface area contributed by atoms with E-state index in [9.17, 15) is 18.7 Å². The van der Waals surface area contributed by atoms with Crippen LogP contribution in [0.1, 0.15) is 18.4 Å². The first-order valence-corrected chi connectivity index (χ1v) is 11.8. The van der Waals surface area contributed by atoms with E-state index < -0.39 is 11.6 Å². The van der Waals surface area contributed by atoms with Crippen LogP contribution < -0.4 is 10.6 Å². The van der Waals surface area contributed by atoms with Gasteiger partial charge in [0.05, 0.1) is 17.5 Å². The molecule has 4 N–H and O–H groups in total. The normalized spacial score (nSPS) is 14.2. The number of benzene rings is 2. The van der Waals surface area contributed by atoms with Gasteiger partial charge < -0.3 is 25.6 Å². The number of aromatic hydroxyl groups is 1. The van der Waals surface area contributed by atoms with E-state index in [1.165, 1.54) is 12.3 Å². The lowest BCUT2D eigenvalue weighted by atomic mass is 10.0. The zero-order chi connectivity index (χ0) is 25.2. The monoisotopic (exact) mass is 492 g/mol. The summed E-state index contributed by atoms with van der Waals surface area (Å²) in [6.45, 7) is 1.84. The Morgan fingerprint density at radius 2 is 1.81 bits per heavy atom. The molecule has 4 aromatic rings. The molecule has 36 heavy (non-hydrogen) atoms. The number of likely N-dealkylation sites (N-methyl/N-ethyl adjacent to an activating group) is 1. The average molecular weight is 493 g/mol. The van der Waals surface area contributed by atoms with Crippen molar-refractivity contribution in [3.8, 4) is 17.3 Å². The summed E-state index contributed by atoms with van der Waals surface area (Å²) in [6, 6.07) is 11.0. The van der Waals surface area contributed by atoms with Crippen LogP contribution in [-0.2, 0) is 11.2 Å². The molecule has 1 amide bonds. The maximum Gasteiger partial charge on any atom is 0.226 e. The van der Waals surface area contributed by atoms with Gasteiger partial charge in [-0.1, -0.05) is 18.2 Å². The number of anilines is 2. The van der Waals surface area contributed by atoms with Gasteiger partial charge in [0.15, 0.2) is 5.82 Å². The van der Waals surface area contributed by atoms with Crippen LogP contribution in [0, 0.1) is 11.6 Å². The highest BCUT2D eigenvalue weighted by atomic mass is 19.1. The molecule has 1 aliphatic rings. The highest BCUT2D eigenvalue weighted by Gasteiger charge is 2.22. The number of nitrogens with one attached hydrogen (secondary N) is 3. The smallest absolute Gasteiger partial charge is 0.226 e. The van der Waals surface area contributed by atoms with Crippen LogP contribution in [0.3, 0.4) is 0 Å². The lowest BCUT2D eigenvalue weighted by Crippen LogP contribution is -2.44. The van der Waals surface area contributed by atoms with Crippen molar-refractivity contribution in [3.63, 3.8) is 0 Å². The van der Waals surface area contributed by atoms with Crippen molar-refractivity contribution in [1.82, 2.24) is 25.2 Å². The van der Waals surface area contributed by atoms with E-state index in [4.69, 9.17) is 0 Å². The highest BCUT2D eigenvalue weighted by Crippen LogP contribution is 2.34. The van der Waals surface area contributed by atoms with Gasteiger partial charge in [0.2, 0.25) is 11.8 Å². The van der Waals surface area contributed by atoms with Crippen LogP contribution in [-0.4, -0.2) is 57.0 Å². The number of hydrogen-bond donors (Lipinski definition) is 4. The first-order chi connectivity index (χ1) is 17.4. The first-order valence-electron chi connectivity index (χ1n) is 11.8. The lowest BCUT2D eigenvalue weighted by Gasteiger charge is -2.31. The van der Waals surface area contributed by atoms with Crippen molar-refractivity contribution >= 4 is 28.3 Å². The molecule has 2 aromatic heterocycles. The number of piperidine rings is 1. The van der Waals surface area contributed by atoms with Crippen LogP contribution in [0.2, 0.25) is 0 Å². The third kappa shape index (κ3) is 4.72. The first kappa shape index (κ1) is 23.7. The molecule has 1 aliphatic heterocycles. The summed E-state index contributed by atoms with van der Waals surface area (Å²) in [5.74, 6) is -1.65. The van der Waals surface area contributed by atoms with Gasteiger partial charge in [-0.2, -0.15) is 0 Å². The van der Waals surface area contributed by atoms with Gasteiger partial charge in [-0.25, -0.2) is 18.7 Å². The van der Waals surface area contributed by atoms with Crippen LogP contribution in [0.15, 0.2) is 48.7 Å². The topological polar surface area (TPSA) is 106 Å². The fourth-order valence-corrected chi connectivity index (χ4v) is 4.48. The van der Waals surface area contributed by atoms with Crippen LogP contribution in [0.4, 0.5) is 20.3 Å². The number of aromatic nitrogens is 3. The maximum atomic E-state index is 14.4. The maximum absolute atomic E-state index is 14.4. The summed E-state index contributed by atoms with van der Waals surface area (Å²) < 4.78 is 28.8. The molecule has 0 atom stereocenters. The third-order valence-electron chi connectivity index (χ3n) is 6.53. The van der Waals surface area contributed by atoms with Gasteiger partial charge in [0.1, 0.15) is 22.8 Å². The molecule has 0 radical (unpaired) electrons. The zero-order valence-electron chi connectivity index (χ0n) is 19.7. The van der Waals surface area contributed by atoms with Gasteiger partial charge in [-0.3, -0.25) is 4.79 Å². The Labute approximate surface area is 206 Å². The summed E-state index contributed by atoms with van der Waals surface area (Å²) >= 11 is 0. The molecule has 5 rings (SSSR count). The number of nitrogens with zero attached hydrogens (tertiary/aromatic N) is 3. The SMILES string of the molecule is CN(C(=O)Cc1ccc(Nc2nc(-c3c(F)cccc3F)nc3c[nH]c(O)c23)cc1)C1CCNCC1. The largest absolute Gasteiger partial charge is 0.494 e. The molecule has 1 saturated heterocycles. The minimum Gasteiger partial charge on any atom is -0.494 e. The Morgan fingerprint density at radius 1 is 1.11 bits per heavy atom. The van der Waals surface area contributed by atoms with E-state index in [-0.39, 0.29) is 41.5 Å². The molecular formula is C26H26F2N6O2. The summed E-state index contributed by atoms with van der Waals surface area (Å²) in [5, 5.41) is 17.0. The van der Waals surface area contributed by atoms with Gasteiger partial charge in [-0.05, 0) is 55.8 Å². The van der Waals surface area contributed by atoms with E-state index in [1.807, 2.05) is 24.1 Å². The average Bonchev–Trinajstić information content (AvgIpc) is 3.26. The Balaban J connectivity index is 1.38. The number of carbonyl (C=O) groups excluding carboxylic acids is 1.